The number of nitrogens with one attached hydrogen (secondary N) is 1. The summed E-state index contributed by atoms with van der Waals surface area (Å²) in [6, 6.07) is 19.2. The van der Waals surface area contributed by atoms with E-state index in [-0.39, 0.29) is 5.57 Å². The summed E-state index contributed by atoms with van der Waals surface area (Å²) in [6.07, 6.45) is 1.63. The summed E-state index contributed by atoms with van der Waals surface area (Å²) in [5.41, 5.74) is 5.59. The Kier molecular flexibility index (Phi) is 6.46. The third-order valence-electron chi connectivity index (χ3n) is 5.11. The second-order valence-corrected chi connectivity index (χ2v) is 7.43. The third kappa shape index (κ3) is 4.78. The summed E-state index contributed by atoms with van der Waals surface area (Å²) >= 11 is 0. The number of hydrogen-bond acceptors (Lipinski definition) is 4. The van der Waals surface area contributed by atoms with E-state index in [1.54, 1.807) is 37.5 Å². The normalized spacial score (nSPS) is 11.0. The van der Waals surface area contributed by atoms with Gasteiger partial charge < -0.3 is 19.5 Å². The molecule has 0 aliphatic heterocycles. The SMILES string of the molecule is COc1ccc(NC(=O)/C(C#N)=C/c2cc(C)n(-c3ccc(N(C)C)cc3)c2C)cc1. The number of carbonyl (C=O) groups excluding carboxylic acids is 1. The Hall–Kier alpha value is -3.98. The first kappa shape index (κ1) is 21.7. The first-order valence-electron chi connectivity index (χ1n) is 9.88. The fourth-order valence-corrected chi connectivity index (χ4v) is 3.41. The molecule has 0 saturated heterocycles. The largest absolute Gasteiger partial charge is 0.497 e. The van der Waals surface area contributed by atoms with Crippen LogP contribution in [0.1, 0.15) is 17.0 Å². The van der Waals surface area contributed by atoms with Gasteiger partial charge in [-0.2, -0.15) is 5.26 Å². The molecule has 31 heavy (non-hydrogen) atoms. The molecule has 0 radical (unpaired) electrons. The number of aryl methyl sites for hydroxylation is 1. The number of benzene rings is 2. The highest BCUT2D eigenvalue weighted by Crippen LogP contribution is 2.25. The zero-order chi connectivity index (χ0) is 22.5. The van der Waals surface area contributed by atoms with Crippen molar-refractivity contribution in [3.8, 4) is 17.5 Å². The number of amides is 1. The maximum atomic E-state index is 12.6. The minimum absolute atomic E-state index is 0.0408. The van der Waals surface area contributed by atoms with Crippen molar-refractivity contribution in [3.63, 3.8) is 0 Å². The average molecular weight is 415 g/mol. The highest BCUT2D eigenvalue weighted by molar-refractivity contribution is 6.09. The summed E-state index contributed by atoms with van der Waals surface area (Å²) < 4.78 is 7.23. The van der Waals surface area contributed by atoms with E-state index in [9.17, 15) is 10.1 Å². The van der Waals surface area contributed by atoms with Gasteiger partial charge in [-0.25, -0.2) is 0 Å². The smallest absolute Gasteiger partial charge is 0.266 e. The van der Waals surface area contributed by atoms with Gasteiger partial charge in [0.05, 0.1) is 7.11 Å². The number of ether oxygens (including phenoxy) is 1. The van der Waals surface area contributed by atoms with Gasteiger partial charge in [-0.1, -0.05) is 0 Å². The molecule has 0 spiro atoms. The van der Waals surface area contributed by atoms with E-state index in [0.29, 0.717) is 11.4 Å². The molecule has 0 fully saturated rings. The maximum absolute atomic E-state index is 12.6. The van der Waals surface area contributed by atoms with Gasteiger partial charge in [0.25, 0.3) is 5.91 Å². The highest BCUT2D eigenvalue weighted by atomic mass is 16.5. The monoisotopic (exact) mass is 414 g/mol. The lowest BCUT2D eigenvalue weighted by molar-refractivity contribution is -0.112. The highest BCUT2D eigenvalue weighted by Gasteiger charge is 2.14. The van der Waals surface area contributed by atoms with Gasteiger partial charge in [0.15, 0.2) is 0 Å². The maximum Gasteiger partial charge on any atom is 0.266 e. The van der Waals surface area contributed by atoms with Crippen molar-refractivity contribution < 1.29 is 9.53 Å². The van der Waals surface area contributed by atoms with Gasteiger partial charge >= 0.3 is 0 Å². The van der Waals surface area contributed by atoms with E-state index >= 15 is 0 Å². The molecule has 2 aromatic carbocycles. The molecular weight excluding hydrogens is 388 g/mol. The fraction of sp³-hybridized carbons (Fsp3) is 0.200. The summed E-state index contributed by atoms with van der Waals surface area (Å²) in [4.78, 5) is 14.7. The number of hydrogen-bond donors (Lipinski definition) is 1. The minimum atomic E-state index is -0.451. The van der Waals surface area contributed by atoms with Gasteiger partial charge in [0, 0.05) is 42.5 Å². The molecule has 6 nitrogen and oxygen atoms in total. The Bertz CT molecular complexity index is 1150. The van der Waals surface area contributed by atoms with E-state index in [1.165, 1.54) is 0 Å². The standard InChI is InChI=1S/C25H26N4O2/c1-17-14-19(18(2)29(17)23-10-8-22(9-11-23)28(3)4)15-20(16-26)25(30)27-21-6-12-24(31-5)13-7-21/h6-15H,1-5H3,(H,27,30)/b20-15+. The minimum Gasteiger partial charge on any atom is -0.497 e. The van der Waals surface area contributed by atoms with Crippen molar-refractivity contribution >= 4 is 23.4 Å². The van der Waals surface area contributed by atoms with Crippen LogP contribution < -0.4 is 15.0 Å². The van der Waals surface area contributed by atoms with Gasteiger partial charge in [-0.15, -0.1) is 0 Å². The van der Waals surface area contributed by atoms with E-state index < -0.39 is 5.91 Å². The van der Waals surface area contributed by atoms with E-state index in [2.05, 4.69) is 34.1 Å². The van der Waals surface area contributed by atoms with Crippen LogP contribution in [0.15, 0.2) is 60.2 Å². The molecule has 3 aromatic rings. The van der Waals surface area contributed by atoms with Crippen molar-refractivity contribution in [3.05, 3.63) is 77.1 Å². The molecule has 6 heteroatoms. The number of anilines is 2. The van der Waals surface area contributed by atoms with Crippen LogP contribution in [0.4, 0.5) is 11.4 Å². The van der Waals surface area contributed by atoms with Crippen LogP contribution in [0.2, 0.25) is 0 Å². The van der Waals surface area contributed by atoms with Crippen molar-refractivity contribution in [2.24, 2.45) is 0 Å². The first-order chi connectivity index (χ1) is 14.8. The van der Waals surface area contributed by atoms with Crippen LogP contribution in [0, 0.1) is 25.2 Å². The Morgan fingerprint density at radius 2 is 1.74 bits per heavy atom. The predicted molar refractivity (Wildman–Crippen MR) is 125 cm³/mol. The molecule has 1 aromatic heterocycles. The predicted octanol–water partition coefficient (Wildman–Crippen LogP) is 4.71. The van der Waals surface area contributed by atoms with Crippen molar-refractivity contribution in [2.75, 3.05) is 31.4 Å². The van der Waals surface area contributed by atoms with Crippen LogP contribution >= 0.6 is 0 Å². The quantitative estimate of drug-likeness (QED) is 0.468. The van der Waals surface area contributed by atoms with Crippen molar-refractivity contribution in [2.45, 2.75) is 13.8 Å². The zero-order valence-corrected chi connectivity index (χ0v) is 18.4. The Labute approximate surface area is 183 Å². The Morgan fingerprint density at radius 3 is 2.29 bits per heavy atom. The molecule has 0 aliphatic rings. The number of aromatic nitrogens is 1. The van der Waals surface area contributed by atoms with E-state index in [4.69, 9.17) is 4.74 Å². The zero-order valence-electron chi connectivity index (χ0n) is 18.4. The summed E-state index contributed by atoms with van der Waals surface area (Å²) in [5.74, 6) is 0.243. The average Bonchev–Trinajstić information content (AvgIpc) is 3.05. The lowest BCUT2D eigenvalue weighted by Gasteiger charge is -2.14. The molecule has 3 rings (SSSR count). The molecule has 1 amide bonds. The van der Waals surface area contributed by atoms with Gasteiger partial charge in [0.1, 0.15) is 17.4 Å². The summed E-state index contributed by atoms with van der Waals surface area (Å²) in [6.45, 7) is 3.99. The molecule has 0 aliphatic carbocycles. The third-order valence-corrected chi connectivity index (χ3v) is 5.11. The fourth-order valence-electron chi connectivity index (χ4n) is 3.41. The number of methoxy groups -OCH3 is 1. The molecule has 0 saturated carbocycles. The summed E-state index contributed by atoms with van der Waals surface area (Å²) in [7, 11) is 5.59. The molecular formula is C25H26N4O2. The number of carbonyl (C=O) groups is 1. The first-order valence-corrected chi connectivity index (χ1v) is 9.88. The Morgan fingerprint density at radius 1 is 1.10 bits per heavy atom. The Balaban J connectivity index is 1.88. The second kappa shape index (κ2) is 9.23. The van der Waals surface area contributed by atoms with Crippen LogP contribution in [0.5, 0.6) is 5.75 Å². The number of rotatable bonds is 6. The van der Waals surface area contributed by atoms with Crippen molar-refractivity contribution in [1.29, 1.82) is 5.26 Å². The molecule has 158 valence electrons. The number of nitriles is 1. The van der Waals surface area contributed by atoms with Gasteiger partial charge in [0.2, 0.25) is 0 Å². The van der Waals surface area contributed by atoms with Crippen molar-refractivity contribution in [1.82, 2.24) is 4.57 Å². The van der Waals surface area contributed by atoms with E-state index in [0.717, 1.165) is 28.3 Å². The van der Waals surface area contributed by atoms with Gasteiger partial charge in [-0.05, 0) is 80.1 Å². The molecule has 0 bridgehead atoms. The topological polar surface area (TPSA) is 70.3 Å². The molecule has 0 unspecified atom stereocenters. The lowest BCUT2D eigenvalue weighted by Crippen LogP contribution is -2.13. The van der Waals surface area contributed by atoms with Crippen LogP contribution in [-0.2, 0) is 4.79 Å². The summed E-state index contributed by atoms with van der Waals surface area (Å²) in [5, 5.41) is 12.3. The van der Waals surface area contributed by atoms with Crippen LogP contribution in [-0.4, -0.2) is 31.7 Å². The molecule has 0 atom stereocenters. The van der Waals surface area contributed by atoms with Crippen LogP contribution in [0.3, 0.4) is 0 Å². The second-order valence-electron chi connectivity index (χ2n) is 7.43. The van der Waals surface area contributed by atoms with E-state index in [1.807, 2.05) is 45.0 Å². The number of nitrogens with zero attached hydrogens (tertiary/aromatic N) is 3. The lowest BCUT2D eigenvalue weighted by atomic mass is 10.1. The molecule has 1 heterocycles. The van der Waals surface area contributed by atoms with Gasteiger partial charge in [-0.3, -0.25) is 4.79 Å². The molecule has 1 N–H and O–H groups in total. The van der Waals surface area contributed by atoms with Crippen LogP contribution in [0.25, 0.3) is 11.8 Å².